The van der Waals surface area contributed by atoms with Crippen molar-refractivity contribution >= 4 is 22.6 Å². The topological polar surface area (TPSA) is 126 Å². The number of aryl methyl sites for hydroxylation is 1. The standard InChI is InChI=1S/C22H21N5O4/c1-3-12-27-22(30)18-7-5-4-6-17(18)19(26-27)21(29)25-24-20(28)14(2)31-16-10-8-15(13-23)9-11-16/h4-11,14H,3,12H2,1-2H3,(H,24,28)(H,25,29)/t14-/m1/s1. The van der Waals surface area contributed by atoms with Gasteiger partial charge in [-0.05, 0) is 43.7 Å². The van der Waals surface area contributed by atoms with E-state index < -0.39 is 17.9 Å². The van der Waals surface area contributed by atoms with Crippen LogP contribution in [0.25, 0.3) is 10.8 Å². The van der Waals surface area contributed by atoms with Crippen LogP contribution >= 0.6 is 0 Å². The van der Waals surface area contributed by atoms with Gasteiger partial charge in [-0.2, -0.15) is 10.4 Å². The number of ether oxygens (including phenoxy) is 1. The van der Waals surface area contributed by atoms with Gasteiger partial charge in [-0.25, -0.2) is 4.68 Å². The zero-order valence-electron chi connectivity index (χ0n) is 17.1. The summed E-state index contributed by atoms with van der Waals surface area (Å²) in [5, 5.41) is 13.8. The van der Waals surface area contributed by atoms with Crippen LogP contribution in [0.5, 0.6) is 5.75 Å². The molecule has 1 aromatic heterocycles. The third kappa shape index (κ3) is 4.87. The SMILES string of the molecule is CCCn1nc(C(=O)NNC(=O)[C@@H](C)Oc2ccc(C#N)cc2)c2ccccc2c1=O. The molecular formula is C22H21N5O4. The van der Waals surface area contributed by atoms with Crippen molar-refractivity contribution in [1.82, 2.24) is 20.6 Å². The number of fused-ring (bicyclic) bond motifs is 1. The number of carbonyl (C=O) groups excluding carboxylic acids is 2. The summed E-state index contributed by atoms with van der Waals surface area (Å²) < 4.78 is 6.76. The summed E-state index contributed by atoms with van der Waals surface area (Å²) in [4.78, 5) is 37.5. The lowest BCUT2D eigenvalue weighted by molar-refractivity contribution is -0.128. The maximum Gasteiger partial charge on any atom is 0.290 e. The molecule has 1 atom stereocenters. The second-order valence-electron chi connectivity index (χ2n) is 6.76. The average molecular weight is 419 g/mol. The van der Waals surface area contributed by atoms with Crippen molar-refractivity contribution < 1.29 is 14.3 Å². The fourth-order valence-electron chi connectivity index (χ4n) is 2.91. The third-order valence-corrected chi connectivity index (χ3v) is 4.48. The van der Waals surface area contributed by atoms with E-state index in [0.717, 1.165) is 0 Å². The maximum atomic E-state index is 12.7. The first-order valence-electron chi connectivity index (χ1n) is 9.71. The molecule has 0 fully saturated rings. The van der Waals surface area contributed by atoms with Crippen molar-refractivity contribution in [3.8, 4) is 11.8 Å². The zero-order valence-corrected chi connectivity index (χ0v) is 17.1. The Bertz CT molecular complexity index is 1210. The fourth-order valence-corrected chi connectivity index (χ4v) is 2.91. The van der Waals surface area contributed by atoms with Gasteiger partial charge in [-0.1, -0.05) is 25.1 Å². The first-order chi connectivity index (χ1) is 14.9. The summed E-state index contributed by atoms with van der Waals surface area (Å²) in [6.45, 7) is 3.79. The van der Waals surface area contributed by atoms with Gasteiger partial charge >= 0.3 is 0 Å². The van der Waals surface area contributed by atoms with Gasteiger partial charge in [-0.15, -0.1) is 0 Å². The van der Waals surface area contributed by atoms with E-state index in [9.17, 15) is 14.4 Å². The summed E-state index contributed by atoms with van der Waals surface area (Å²) in [6, 6.07) is 15.0. The number of hydrogen-bond acceptors (Lipinski definition) is 6. The van der Waals surface area contributed by atoms with E-state index in [1.165, 1.54) is 11.6 Å². The molecule has 3 aromatic rings. The van der Waals surface area contributed by atoms with Crippen LogP contribution in [-0.4, -0.2) is 27.7 Å². The van der Waals surface area contributed by atoms with Crippen LogP contribution < -0.4 is 21.1 Å². The Morgan fingerprint density at radius 3 is 2.45 bits per heavy atom. The molecule has 31 heavy (non-hydrogen) atoms. The van der Waals surface area contributed by atoms with Crippen molar-refractivity contribution in [3.63, 3.8) is 0 Å². The van der Waals surface area contributed by atoms with Crippen molar-refractivity contribution in [2.24, 2.45) is 0 Å². The quantitative estimate of drug-likeness (QED) is 0.588. The van der Waals surface area contributed by atoms with Gasteiger partial charge in [-0.3, -0.25) is 25.2 Å². The molecule has 0 aliphatic heterocycles. The van der Waals surface area contributed by atoms with Gasteiger partial charge in [0.15, 0.2) is 11.8 Å². The summed E-state index contributed by atoms with van der Waals surface area (Å²) >= 11 is 0. The Hall–Kier alpha value is -4.19. The van der Waals surface area contributed by atoms with Crippen molar-refractivity contribution in [1.29, 1.82) is 5.26 Å². The van der Waals surface area contributed by atoms with Crippen LogP contribution in [0, 0.1) is 11.3 Å². The molecule has 2 aromatic carbocycles. The van der Waals surface area contributed by atoms with E-state index >= 15 is 0 Å². The van der Waals surface area contributed by atoms with E-state index in [0.29, 0.717) is 35.1 Å². The highest BCUT2D eigenvalue weighted by atomic mass is 16.5. The van der Waals surface area contributed by atoms with Gasteiger partial charge in [0, 0.05) is 11.9 Å². The van der Waals surface area contributed by atoms with E-state index in [-0.39, 0.29) is 11.3 Å². The molecule has 0 spiro atoms. The second-order valence-corrected chi connectivity index (χ2v) is 6.76. The Balaban J connectivity index is 1.72. The summed E-state index contributed by atoms with van der Waals surface area (Å²) in [5.74, 6) is -0.823. The van der Waals surface area contributed by atoms with Gasteiger partial charge < -0.3 is 4.74 Å². The average Bonchev–Trinajstić information content (AvgIpc) is 2.79. The molecule has 158 valence electrons. The van der Waals surface area contributed by atoms with E-state index in [2.05, 4.69) is 16.0 Å². The molecule has 2 N–H and O–H groups in total. The van der Waals surface area contributed by atoms with Crippen LogP contribution in [0.3, 0.4) is 0 Å². The van der Waals surface area contributed by atoms with Crippen molar-refractivity contribution in [3.05, 3.63) is 70.1 Å². The van der Waals surface area contributed by atoms with Gasteiger partial charge in [0.05, 0.1) is 17.0 Å². The minimum absolute atomic E-state index is 0.0320. The highest BCUT2D eigenvalue weighted by Crippen LogP contribution is 2.14. The molecule has 9 heteroatoms. The number of nitriles is 1. The smallest absolute Gasteiger partial charge is 0.290 e. The number of carbonyl (C=O) groups is 2. The van der Waals surface area contributed by atoms with Crippen LogP contribution in [0.15, 0.2) is 53.3 Å². The van der Waals surface area contributed by atoms with Crippen LogP contribution in [0.4, 0.5) is 0 Å². The fraction of sp³-hybridized carbons (Fsp3) is 0.227. The number of amides is 2. The number of benzene rings is 2. The summed E-state index contributed by atoms with van der Waals surface area (Å²) in [6.07, 6.45) is -0.236. The Morgan fingerprint density at radius 1 is 1.13 bits per heavy atom. The number of rotatable bonds is 6. The van der Waals surface area contributed by atoms with Crippen LogP contribution in [-0.2, 0) is 11.3 Å². The first-order valence-corrected chi connectivity index (χ1v) is 9.71. The molecule has 0 unspecified atom stereocenters. The summed E-state index contributed by atoms with van der Waals surface area (Å²) in [5.41, 5.74) is 4.87. The van der Waals surface area contributed by atoms with Crippen LogP contribution in [0.1, 0.15) is 36.3 Å². The van der Waals surface area contributed by atoms with Crippen molar-refractivity contribution in [2.45, 2.75) is 32.9 Å². The second kappa shape index (κ2) is 9.54. The van der Waals surface area contributed by atoms with Gasteiger partial charge in [0.2, 0.25) is 0 Å². The molecule has 0 saturated heterocycles. The van der Waals surface area contributed by atoms with Crippen LogP contribution in [0.2, 0.25) is 0 Å². The number of hydrogen-bond donors (Lipinski definition) is 2. The number of aromatic nitrogens is 2. The van der Waals surface area contributed by atoms with E-state index in [1.54, 1.807) is 48.5 Å². The van der Waals surface area contributed by atoms with E-state index in [1.807, 2.05) is 13.0 Å². The minimum atomic E-state index is -0.910. The first kappa shape index (κ1) is 21.5. The maximum absolute atomic E-state index is 12.7. The number of nitrogens with zero attached hydrogens (tertiary/aromatic N) is 3. The predicted octanol–water partition coefficient (Wildman–Crippen LogP) is 1.91. The third-order valence-electron chi connectivity index (χ3n) is 4.48. The molecule has 2 amide bonds. The Labute approximate surface area is 178 Å². The number of hydrazine groups is 1. The predicted molar refractivity (Wildman–Crippen MR) is 113 cm³/mol. The highest BCUT2D eigenvalue weighted by molar-refractivity contribution is 6.05. The monoisotopic (exact) mass is 419 g/mol. The molecule has 0 radical (unpaired) electrons. The molecule has 0 aliphatic rings. The lowest BCUT2D eigenvalue weighted by atomic mass is 10.1. The minimum Gasteiger partial charge on any atom is -0.481 e. The molecule has 3 rings (SSSR count). The molecule has 0 bridgehead atoms. The van der Waals surface area contributed by atoms with E-state index in [4.69, 9.17) is 10.00 Å². The largest absolute Gasteiger partial charge is 0.481 e. The Morgan fingerprint density at radius 2 is 1.81 bits per heavy atom. The zero-order chi connectivity index (χ0) is 22.4. The lowest BCUT2D eigenvalue weighted by Crippen LogP contribution is -2.47. The molecule has 1 heterocycles. The summed E-state index contributed by atoms with van der Waals surface area (Å²) in [7, 11) is 0. The number of nitrogens with one attached hydrogen (secondary N) is 2. The van der Waals surface area contributed by atoms with Gasteiger partial charge in [0.1, 0.15) is 5.75 Å². The lowest BCUT2D eigenvalue weighted by Gasteiger charge is -2.15. The molecule has 0 saturated carbocycles. The molecule has 9 nitrogen and oxygen atoms in total. The molecular weight excluding hydrogens is 398 g/mol. The molecule has 0 aliphatic carbocycles. The normalized spacial score (nSPS) is 11.4. The van der Waals surface area contributed by atoms with Gasteiger partial charge in [0.25, 0.3) is 17.4 Å². The van der Waals surface area contributed by atoms with Crippen molar-refractivity contribution in [2.75, 3.05) is 0 Å². The Kier molecular flexibility index (Phi) is 6.62. The highest BCUT2D eigenvalue weighted by Gasteiger charge is 2.19.